The van der Waals surface area contributed by atoms with Gasteiger partial charge in [-0.25, -0.2) is 4.79 Å². The summed E-state index contributed by atoms with van der Waals surface area (Å²) in [5.74, 6) is -0.553. The summed E-state index contributed by atoms with van der Waals surface area (Å²) >= 11 is 0. The van der Waals surface area contributed by atoms with Crippen molar-refractivity contribution in [2.24, 2.45) is 0 Å². The van der Waals surface area contributed by atoms with Crippen molar-refractivity contribution in [3.8, 4) is 5.75 Å². The number of nitro benzene ring substituents is 1. The number of nitro groups is 1. The van der Waals surface area contributed by atoms with Crippen molar-refractivity contribution in [1.29, 1.82) is 0 Å². The molecular weight excluding hydrogens is 276 g/mol. The van der Waals surface area contributed by atoms with E-state index in [1.54, 1.807) is 19.1 Å². The zero-order valence-corrected chi connectivity index (χ0v) is 11.1. The predicted molar refractivity (Wildman–Crippen MR) is 73.4 cm³/mol. The number of aromatic nitrogens is 1. The summed E-state index contributed by atoms with van der Waals surface area (Å²) < 4.78 is 5.48. The number of rotatable bonds is 5. The molecule has 0 amide bonds. The summed E-state index contributed by atoms with van der Waals surface area (Å²) in [5, 5.41) is 19.5. The van der Waals surface area contributed by atoms with E-state index in [1.807, 2.05) is 0 Å². The van der Waals surface area contributed by atoms with Gasteiger partial charge in [0.05, 0.1) is 16.2 Å². The number of benzene rings is 1. The van der Waals surface area contributed by atoms with Crippen LogP contribution in [0.25, 0.3) is 0 Å². The van der Waals surface area contributed by atoms with Gasteiger partial charge in [0.25, 0.3) is 5.69 Å². The van der Waals surface area contributed by atoms with Crippen LogP contribution in [0.5, 0.6) is 5.75 Å². The summed E-state index contributed by atoms with van der Waals surface area (Å²) in [6, 6.07) is 7.46. The highest BCUT2D eigenvalue weighted by molar-refractivity contribution is 5.87. The minimum Gasteiger partial charge on any atom is -0.487 e. The molecule has 0 fully saturated rings. The van der Waals surface area contributed by atoms with Crippen molar-refractivity contribution >= 4 is 11.7 Å². The maximum absolute atomic E-state index is 10.7. The molecular formula is C14H12N2O5. The van der Waals surface area contributed by atoms with Crippen molar-refractivity contribution in [1.82, 2.24) is 4.98 Å². The van der Waals surface area contributed by atoms with Crippen LogP contribution in [0.1, 0.15) is 21.6 Å². The van der Waals surface area contributed by atoms with Crippen molar-refractivity contribution < 1.29 is 19.6 Å². The molecule has 0 saturated heterocycles. The number of aryl methyl sites for hydroxylation is 1. The molecule has 1 N–H and O–H groups in total. The molecule has 0 aliphatic rings. The van der Waals surface area contributed by atoms with Crippen LogP contribution in [0.15, 0.2) is 36.5 Å². The van der Waals surface area contributed by atoms with E-state index in [2.05, 4.69) is 4.98 Å². The lowest BCUT2D eigenvalue weighted by Crippen LogP contribution is -2.02. The molecule has 0 unspecified atom stereocenters. The molecule has 0 atom stereocenters. The Balaban J connectivity index is 2.04. The molecule has 7 nitrogen and oxygen atoms in total. The summed E-state index contributed by atoms with van der Waals surface area (Å²) in [6.07, 6.45) is 1.25. The number of nitrogens with zero attached hydrogens (tertiary/aromatic N) is 2. The second kappa shape index (κ2) is 6.00. The van der Waals surface area contributed by atoms with Gasteiger partial charge in [0, 0.05) is 17.8 Å². The molecule has 1 heterocycles. The van der Waals surface area contributed by atoms with Gasteiger partial charge in [0.2, 0.25) is 0 Å². The van der Waals surface area contributed by atoms with Crippen molar-refractivity contribution in [3.05, 3.63) is 63.5 Å². The number of pyridine rings is 1. The summed E-state index contributed by atoms with van der Waals surface area (Å²) in [5.41, 5.74) is 1.21. The second-order valence-electron chi connectivity index (χ2n) is 4.34. The molecule has 1 aromatic heterocycles. The van der Waals surface area contributed by atoms with E-state index >= 15 is 0 Å². The fourth-order valence-corrected chi connectivity index (χ4v) is 1.72. The van der Waals surface area contributed by atoms with E-state index in [9.17, 15) is 14.9 Å². The molecule has 0 saturated carbocycles. The largest absolute Gasteiger partial charge is 0.487 e. The summed E-state index contributed by atoms with van der Waals surface area (Å²) in [4.78, 5) is 24.9. The number of hydrogen-bond acceptors (Lipinski definition) is 5. The number of carbonyl (C=O) groups is 1. The van der Waals surface area contributed by atoms with Gasteiger partial charge in [-0.15, -0.1) is 0 Å². The maximum Gasteiger partial charge on any atom is 0.337 e. The average Bonchev–Trinajstić information content (AvgIpc) is 2.45. The monoisotopic (exact) mass is 288 g/mol. The maximum atomic E-state index is 10.7. The van der Waals surface area contributed by atoms with Gasteiger partial charge < -0.3 is 9.84 Å². The van der Waals surface area contributed by atoms with Crippen molar-refractivity contribution in [3.63, 3.8) is 0 Å². The fourth-order valence-electron chi connectivity index (χ4n) is 1.72. The predicted octanol–water partition coefficient (Wildman–Crippen LogP) is 2.58. The first kappa shape index (κ1) is 14.4. The Bertz CT molecular complexity index is 682. The van der Waals surface area contributed by atoms with Gasteiger partial charge in [-0.2, -0.15) is 0 Å². The molecule has 2 rings (SSSR count). The molecule has 0 radical (unpaired) electrons. The Morgan fingerprint density at radius 2 is 2.14 bits per heavy atom. The van der Waals surface area contributed by atoms with Crippen LogP contribution in [0.2, 0.25) is 0 Å². The van der Waals surface area contributed by atoms with Crippen LogP contribution >= 0.6 is 0 Å². The molecule has 21 heavy (non-hydrogen) atoms. The lowest BCUT2D eigenvalue weighted by atomic mass is 10.2. The minimum atomic E-state index is -1.04. The second-order valence-corrected chi connectivity index (χ2v) is 4.34. The van der Waals surface area contributed by atoms with E-state index in [0.29, 0.717) is 17.0 Å². The number of carboxylic acids is 1. The van der Waals surface area contributed by atoms with Crippen LogP contribution < -0.4 is 4.74 Å². The molecule has 7 heteroatoms. The van der Waals surface area contributed by atoms with Gasteiger partial charge in [0.1, 0.15) is 12.4 Å². The van der Waals surface area contributed by atoms with E-state index < -0.39 is 10.9 Å². The van der Waals surface area contributed by atoms with E-state index in [-0.39, 0.29) is 17.9 Å². The van der Waals surface area contributed by atoms with Crippen LogP contribution in [-0.2, 0) is 6.61 Å². The molecule has 2 aromatic rings. The molecule has 1 aromatic carbocycles. The quantitative estimate of drug-likeness (QED) is 0.670. The first-order valence-corrected chi connectivity index (χ1v) is 6.03. The Kier molecular flexibility index (Phi) is 4.13. The topological polar surface area (TPSA) is 103 Å². The van der Waals surface area contributed by atoms with Gasteiger partial charge in [-0.3, -0.25) is 15.1 Å². The fraction of sp³-hybridized carbons (Fsp3) is 0.143. The van der Waals surface area contributed by atoms with Crippen LogP contribution in [0, 0.1) is 17.0 Å². The Morgan fingerprint density at radius 3 is 2.67 bits per heavy atom. The standard InChI is InChI=1S/C14H12N2O5/c1-9-6-12(4-5-13(9)16(19)20)21-8-11-3-2-10(7-15-11)14(17)18/h2-7H,8H2,1H3,(H,17,18). The van der Waals surface area contributed by atoms with Gasteiger partial charge in [-0.1, -0.05) is 0 Å². The normalized spacial score (nSPS) is 10.1. The molecule has 0 aliphatic heterocycles. The molecule has 0 aliphatic carbocycles. The zero-order chi connectivity index (χ0) is 15.4. The lowest BCUT2D eigenvalue weighted by Gasteiger charge is -2.07. The first-order chi connectivity index (χ1) is 9.97. The lowest BCUT2D eigenvalue weighted by molar-refractivity contribution is -0.385. The molecule has 0 spiro atoms. The summed E-state index contributed by atoms with van der Waals surface area (Å²) in [7, 11) is 0. The highest BCUT2D eigenvalue weighted by atomic mass is 16.6. The minimum absolute atomic E-state index is 0.0336. The number of hydrogen-bond donors (Lipinski definition) is 1. The number of aromatic carboxylic acids is 1. The Labute approximate surface area is 120 Å². The third-order valence-corrected chi connectivity index (χ3v) is 2.82. The number of ether oxygens (including phenoxy) is 1. The first-order valence-electron chi connectivity index (χ1n) is 6.03. The third kappa shape index (κ3) is 3.53. The van der Waals surface area contributed by atoms with Gasteiger partial charge >= 0.3 is 5.97 Å². The Hall–Kier alpha value is -2.96. The van der Waals surface area contributed by atoms with Crippen molar-refractivity contribution in [2.75, 3.05) is 0 Å². The average molecular weight is 288 g/mol. The van der Waals surface area contributed by atoms with Gasteiger partial charge in [-0.05, 0) is 31.2 Å². The van der Waals surface area contributed by atoms with E-state index in [1.165, 1.54) is 24.4 Å². The highest BCUT2D eigenvalue weighted by Gasteiger charge is 2.11. The highest BCUT2D eigenvalue weighted by Crippen LogP contribution is 2.23. The summed E-state index contributed by atoms with van der Waals surface area (Å²) in [6.45, 7) is 1.78. The van der Waals surface area contributed by atoms with Gasteiger partial charge in [0.15, 0.2) is 0 Å². The molecule has 108 valence electrons. The third-order valence-electron chi connectivity index (χ3n) is 2.82. The van der Waals surface area contributed by atoms with E-state index in [0.717, 1.165) is 0 Å². The van der Waals surface area contributed by atoms with Crippen LogP contribution in [0.3, 0.4) is 0 Å². The van der Waals surface area contributed by atoms with E-state index in [4.69, 9.17) is 9.84 Å². The smallest absolute Gasteiger partial charge is 0.337 e. The molecule has 0 bridgehead atoms. The Morgan fingerprint density at radius 1 is 1.38 bits per heavy atom. The number of carboxylic acid groups (broad SMARTS) is 1. The van der Waals surface area contributed by atoms with Crippen LogP contribution in [-0.4, -0.2) is 21.0 Å². The van der Waals surface area contributed by atoms with Crippen molar-refractivity contribution in [2.45, 2.75) is 13.5 Å². The SMILES string of the molecule is Cc1cc(OCc2ccc(C(=O)O)cn2)ccc1[N+](=O)[O-]. The van der Waals surface area contributed by atoms with Crippen LogP contribution in [0.4, 0.5) is 5.69 Å². The zero-order valence-electron chi connectivity index (χ0n) is 11.1.